The van der Waals surface area contributed by atoms with Crippen LogP contribution in [0.3, 0.4) is 0 Å². The van der Waals surface area contributed by atoms with Crippen LogP contribution in [0.1, 0.15) is 5.56 Å². The van der Waals surface area contributed by atoms with E-state index in [0.717, 1.165) is 18.3 Å². The molecule has 0 spiro atoms. The van der Waals surface area contributed by atoms with Gasteiger partial charge in [-0.2, -0.15) is 0 Å². The van der Waals surface area contributed by atoms with Crippen LogP contribution < -0.4 is 10.5 Å². The van der Waals surface area contributed by atoms with E-state index in [1.165, 1.54) is 0 Å². The molecule has 4 N–H and O–H groups in total. The van der Waals surface area contributed by atoms with Crippen LogP contribution in [0.2, 0.25) is 0 Å². The van der Waals surface area contributed by atoms with Gasteiger partial charge in [-0.15, -0.1) is 0 Å². The number of benzene rings is 3. The quantitative estimate of drug-likeness (QED) is 0.346. The second-order valence-corrected chi connectivity index (χ2v) is 8.51. The lowest BCUT2D eigenvalue weighted by molar-refractivity contribution is -0.138. The molecule has 0 aromatic heterocycles. The van der Waals surface area contributed by atoms with Crippen LogP contribution in [0.15, 0.2) is 60.7 Å². The molecule has 3 aromatic carbocycles. The third kappa shape index (κ3) is 4.95. The highest BCUT2D eigenvalue weighted by molar-refractivity contribution is 14.1. The average molecular weight is 601 g/mol. The lowest BCUT2D eigenvalue weighted by Crippen LogP contribution is -2.32. The SMILES string of the molecule is NC(Cc1cc(I)c(Oc2ccc(O)c(-c3ccccc3)c2)c(I)c1)C(=O)O. The molecule has 0 heterocycles. The van der Waals surface area contributed by atoms with E-state index in [1.54, 1.807) is 18.2 Å². The predicted molar refractivity (Wildman–Crippen MR) is 125 cm³/mol. The van der Waals surface area contributed by atoms with Gasteiger partial charge in [0, 0.05) is 5.56 Å². The third-order valence-corrected chi connectivity index (χ3v) is 5.71. The van der Waals surface area contributed by atoms with Gasteiger partial charge in [0.15, 0.2) is 5.75 Å². The number of halogens is 2. The molecule has 0 fully saturated rings. The molecule has 0 aliphatic carbocycles. The van der Waals surface area contributed by atoms with Gasteiger partial charge < -0.3 is 20.7 Å². The summed E-state index contributed by atoms with van der Waals surface area (Å²) in [5.74, 6) is 0.435. The Balaban J connectivity index is 1.89. The summed E-state index contributed by atoms with van der Waals surface area (Å²) in [5, 5.41) is 19.2. The summed E-state index contributed by atoms with van der Waals surface area (Å²) in [4.78, 5) is 11.0. The summed E-state index contributed by atoms with van der Waals surface area (Å²) < 4.78 is 7.80. The van der Waals surface area contributed by atoms with Crippen LogP contribution in [-0.2, 0) is 11.2 Å². The van der Waals surface area contributed by atoms with Crippen LogP contribution in [0.5, 0.6) is 17.2 Å². The first-order chi connectivity index (χ1) is 13.3. The number of hydrogen-bond donors (Lipinski definition) is 3. The number of nitrogens with two attached hydrogens (primary N) is 1. The summed E-state index contributed by atoms with van der Waals surface area (Å²) in [6, 6.07) is 17.5. The van der Waals surface area contributed by atoms with Crippen LogP contribution in [0, 0.1) is 7.14 Å². The minimum Gasteiger partial charge on any atom is -0.507 e. The van der Waals surface area contributed by atoms with E-state index >= 15 is 0 Å². The van der Waals surface area contributed by atoms with Crippen LogP contribution in [0.25, 0.3) is 11.1 Å². The Bertz CT molecular complexity index is 986. The number of carboxylic acids is 1. The molecule has 0 aliphatic rings. The van der Waals surface area contributed by atoms with Crippen molar-refractivity contribution < 1.29 is 19.7 Å². The fraction of sp³-hybridized carbons (Fsp3) is 0.0952. The van der Waals surface area contributed by atoms with Gasteiger partial charge in [0.05, 0.1) is 7.14 Å². The molecule has 1 atom stereocenters. The molecule has 0 saturated carbocycles. The smallest absolute Gasteiger partial charge is 0.320 e. The third-order valence-electron chi connectivity index (χ3n) is 4.10. The second kappa shape index (κ2) is 9.10. The van der Waals surface area contributed by atoms with Crippen molar-refractivity contribution in [2.75, 3.05) is 0 Å². The molecular weight excluding hydrogens is 584 g/mol. The zero-order chi connectivity index (χ0) is 20.3. The fourth-order valence-corrected chi connectivity index (χ4v) is 4.83. The van der Waals surface area contributed by atoms with E-state index in [1.807, 2.05) is 42.5 Å². The Morgan fingerprint density at radius 2 is 1.68 bits per heavy atom. The Morgan fingerprint density at radius 3 is 2.29 bits per heavy atom. The molecule has 3 rings (SSSR count). The average Bonchev–Trinajstić information content (AvgIpc) is 2.66. The monoisotopic (exact) mass is 601 g/mol. The zero-order valence-electron chi connectivity index (χ0n) is 14.6. The van der Waals surface area contributed by atoms with Gasteiger partial charge in [-0.05, 0) is 93.1 Å². The standard InChI is InChI=1S/C21H17I2NO4/c22-16-8-12(10-18(24)21(26)27)9-17(23)20(16)28-14-6-7-19(25)15(11-14)13-4-2-1-3-5-13/h1-9,11,18,25H,10,24H2,(H,26,27). The highest BCUT2D eigenvalue weighted by Gasteiger charge is 2.16. The Kier molecular flexibility index (Phi) is 6.78. The second-order valence-electron chi connectivity index (χ2n) is 6.18. The van der Waals surface area contributed by atoms with Gasteiger partial charge in [-0.1, -0.05) is 30.3 Å². The molecule has 0 saturated heterocycles. The van der Waals surface area contributed by atoms with E-state index in [4.69, 9.17) is 15.6 Å². The van der Waals surface area contributed by atoms with Gasteiger partial charge in [-0.25, -0.2) is 0 Å². The maximum absolute atomic E-state index is 11.0. The normalized spacial score (nSPS) is 11.8. The van der Waals surface area contributed by atoms with Crippen molar-refractivity contribution >= 4 is 51.2 Å². The molecular formula is C21H17I2NO4. The Labute approximate surface area is 189 Å². The van der Waals surface area contributed by atoms with Crippen LogP contribution >= 0.6 is 45.2 Å². The maximum Gasteiger partial charge on any atom is 0.320 e. The number of aromatic hydroxyl groups is 1. The van der Waals surface area contributed by atoms with E-state index in [2.05, 4.69) is 45.2 Å². The van der Waals surface area contributed by atoms with Crippen molar-refractivity contribution in [3.05, 3.63) is 73.4 Å². The molecule has 0 aliphatic heterocycles. The highest BCUT2D eigenvalue weighted by atomic mass is 127. The number of phenols is 1. The lowest BCUT2D eigenvalue weighted by atomic mass is 10.0. The van der Waals surface area contributed by atoms with Gasteiger partial charge in [0.1, 0.15) is 17.5 Å². The summed E-state index contributed by atoms with van der Waals surface area (Å²) in [6.07, 6.45) is 0.249. The van der Waals surface area contributed by atoms with E-state index in [9.17, 15) is 9.90 Å². The van der Waals surface area contributed by atoms with Crippen LogP contribution in [0.4, 0.5) is 0 Å². The number of rotatable bonds is 6. The van der Waals surface area contributed by atoms with E-state index in [-0.39, 0.29) is 12.2 Å². The fourth-order valence-electron chi connectivity index (χ4n) is 2.71. The van der Waals surface area contributed by atoms with Crippen molar-refractivity contribution in [1.29, 1.82) is 0 Å². The topological polar surface area (TPSA) is 92.8 Å². The summed E-state index contributed by atoms with van der Waals surface area (Å²) >= 11 is 4.32. The summed E-state index contributed by atoms with van der Waals surface area (Å²) in [7, 11) is 0. The molecule has 0 amide bonds. The number of phenolic OH excluding ortho intramolecular Hbond substituents is 1. The number of ether oxygens (including phenoxy) is 1. The van der Waals surface area contributed by atoms with Crippen molar-refractivity contribution in [3.63, 3.8) is 0 Å². The Morgan fingerprint density at radius 1 is 1.04 bits per heavy atom. The molecule has 0 bridgehead atoms. The van der Waals surface area contributed by atoms with E-state index in [0.29, 0.717) is 17.1 Å². The first-order valence-electron chi connectivity index (χ1n) is 8.37. The van der Waals surface area contributed by atoms with Crippen molar-refractivity contribution in [1.82, 2.24) is 0 Å². The maximum atomic E-state index is 11.0. The predicted octanol–water partition coefficient (Wildman–Crippen LogP) is 5.02. The van der Waals surface area contributed by atoms with Gasteiger partial charge in [0.25, 0.3) is 0 Å². The number of carboxylic acid groups (broad SMARTS) is 1. The molecule has 144 valence electrons. The molecule has 7 heteroatoms. The minimum atomic E-state index is -1.03. The molecule has 0 radical (unpaired) electrons. The minimum absolute atomic E-state index is 0.181. The number of aliphatic carboxylic acids is 1. The zero-order valence-corrected chi connectivity index (χ0v) is 18.9. The van der Waals surface area contributed by atoms with Crippen LogP contribution in [-0.4, -0.2) is 22.2 Å². The Hall–Kier alpha value is -1.85. The summed E-state index contributed by atoms with van der Waals surface area (Å²) in [5.41, 5.74) is 8.06. The van der Waals surface area contributed by atoms with E-state index < -0.39 is 12.0 Å². The number of carbonyl (C=O) groups is 1. The van der Waals surface area contributed by atoms with Crippen molar-refractivity contribution in [2.24, 2.45) is 5.73 Å². The lowest BCUT2D eigenvalue weighted by Gasteiger charge is -2.14. The molecule has 28 heavy (non-hydrogen) atoms. The first kappa shape index (κ1) is 20.9. The van der Waals surface area contributed by atoms with Gasteiger partial charge in [-0.3, -0.25) is 4.79 Å². The largest absolute Gasteiger partial charge is 0.507 e. The molecule has 3 aromatic rings. The van der Waals surface area contributed by atoms with Gasteiger partial charge >= 0.3 is 5.97 Å². The molecule has 5 nitrogen and oxygen atoms in total. The summed E-state index contributed by atoms with van der Waals surface area (Å²) in [6.45, 7) is 0. The van der Waals surface area contributed by atoms with Gasteiger partial charge in [0.2, 0.25) is 0 Å². The first-order valence-corrected chi connectivity index (χ1v) is 10.5. The van der Waals surface area contributed by atoms with Crippen molar-refractivity contribution in [3.8, 4) is 28.4 Å². The van der Waals surface area contributed by atoms with Crippen molar-refractivity contribution in [2.45, 2.75) is 12.5 Å². The highest BCUT2D eigenvalue weighted by Crippen LogP contribution is 2.37. The number of hydrogen-bond acceptors (Lipinski definition) is 4. The molecule has 1 unspecified atom stereocenters.